The van der Waals surface area contributed by atoms with Crippen LogP contribution >= 0.6 is 0 Å². The molecule has 0 atom stereocenters. The number of benzene rings is 2. The molecule has 2 aromatic carbocycles. The highest BCUT2D eigenvalue weighted by molar-refractivity contribution is 5.92. The van der Waals surface area contributed by atoms with E-state index in [2.05, 4.69) is 67.5 Å². The number of anilines is 1. The third kappa shape index (κ3) is 5.57. The molecule has 0 spiro atoms. The summed E-state index contributed by atoms with van der Waals surface area (Å²) in [5.74, 6) is 1.93. The Morgan fingerprint density at radius 1 is 1.07 bits per heavy atom. The van der Waals surface area contributed by atoms with Gasteiger partial charge in [-0.25, -0.2) is 4.98 Å². The molecule has 29 heavy (non-hydrogen) atoms. The molecule has 0 unspecified atom stereocenters. The van der Waals surface area contributed by atoms with Gasteiger partial charge in [-0.05, 0) is 49.8 Å². The van der Waals surface area contributed by atoms with Crippen LogP contribution < -0.4 is 5.32 Å². The van der Waals surface area contributed by atoms with Gasteiger partial charge in [-0.2, -0.15) is 0 Å². The van der Waals surface area contributed by atoms with E-state index in [0.29, 0.717) is 24.7 Å². The highest BCUT2D eigenvalue weighted by atomic mass is 16.4. The van der Waals surface area contributed by atoms with E-state index in [0.717, 1.165) is 34.6 Å². The average Bonchev–Trinajstić information content (AvgIpc) is 3.12. The van der Waals surface area contributed by atoms with Gasteiger partial charge in [-0.1, -0.05) is 55.8 Å². The predicted octanol–water partition coefficient (Wildman–Crippen LogP) is 6.04. The standard InChI is InChI=1S/C25H30N2O2/c1-16(2)12-20-6-8-21(9-7-20)22-15-26-24(29-22)11-10-23(28)27-25-18(4)13-17(3)14-19(25)5/h6-9,13-16H,10-12H2,1-5H3,(H,27,28). The van der Waals surface area contributed by atoms with Crippen LogP contribution in [0.25, 0.3) is 11.3 Å². The molecular formula is C25H30N2O2. The second-order valence-corrected chi connectivity index (χ2v) is 8.24. The second-order valence-electron chi connectivity index (χ2n) is 8.24. The molecule has 4 nitrogen and oxygen atoms in total. The third-order valence-corrected chi connectivity index (χ3v) is 4.94. The van der Waals surface area contributed by atoms with Gasteiger partial charge in [0.05, 0.1) is 6.20 Å². The summed E-state index contributed by atoms with van der Waals surface area (Å²) in [6.45, 7) is 10.5. The van der Waals surface area contributed by atoms with Gasteiger partial charge >= 0.3 is 0 Å². The van der Waals surface area contributed by atoms with Crippen LogP contribution in [0, 0.1) is 26.7 Å². The first-order valence-electron chi connectivity index (χ1n) is 10.2. The fraction of sp³-hybridized carbons (Fsp3) is 0.360. The lowest BCUT2D eigenvalue weighted by Gasteiger charge is -2.12. The van der Waals surface area contributed by atoms with Gasteiger partial charge in [-0.3, -0.25) is 4.79 Å². The number of carbonyl (C=O) groups is 1. The second kappa shape index (κ2) is 9.08. The van der Waals surface area contributed by atoms with Crippen LogP contribution in [-0.4, -0.2) is 10.9 Å². The lowest BCUT2D eigenvalue weighted by atomic mass is 10.0. The van der Waals surface area contributed by atoms with Crippen LogP contribution in [0.5, 0.6) is 0 Å². The number of amides is 1. The van der Waals surface area contributed by atoms with Gasteiger partial charge in [0.15, 0.2) is 11.7 Å². The Morgan fingerprint density at radius 2 is 1.72 bits per heavy atom. The van der Waals surface area contributed by atoms with Crippen LogP contribution in [0.2, 0.25) is 0 Å². The zero-order valence-electron chi connectivity index (χ0n) is 18.0. The van der Waals surface area contributed by atoms with Crippen molar-refractivity contribution >= 4 is 11.6 Å². The highest BCUT2D eigenvalue weighted by Crippen LogP contribution is 2.24. The first kappa shape index (κ1) is 20.8. The molecule has 0 aliphatic rings. The SMILES string of the molecule is Cc1cc(C)c(NC(=O)CCc2ncc(-c3ccc(CC(C)C)cc3)o2)c(C)c1. The number of nitrogens with zero attached hydrogens (tertiary/aromatic N) is 1. The molecule has 152 valence electrons. The van der Waals surface area contributed by atoms with E-state index >= 15 is 0 Å². The molecule has 1 aromatic heterocycles. The van der Waals surface area contributed by atoms with Crippen LogP contribution in [0.4, 0.5) is 5.69 Å². The van der Waals surface area contributed by atoms with Crippen LogP contribution in [0.1, 0.15) is 48.4 Å². The molecule has 0 saturated heterocycles. The minimum Gasteiger partial charge on any atom is -0.441 e. The van der Waals surface area contributed by atoms with Gasteiger partial charge in [0, 0.05) is 24.1 Å². The number of oxazole rings is 1. The number of carbonyl (C=O) groups excluding carboxylic acids is 1. The monoisotopic (exact) mass is 390 g/mol. The Hall–Kier alpha value is -2.88. The van der Waals surface area contributed by atoms with Gasteiger partial charge in [0.2, 0.25) is 5.91 Å². The van der Waals surface area contributed by atoms with E-state index in [-0.39, 0.29) is 5.91 Å². The summed E-state index contributed by atoms with van der Waals surface area (Å²) in [6, 6.07) is 12.6. The lowest BCUT2D eigenvalue weighted by Crippen LogP contribution is -2.14. The van der Waals surface area contributed by atoms with Crippen molar-refractivity contribution in [2.45, 2.75) is 53.9 Å². The fourth-order valence-corrected chi connectivity index (χ4v) is 3.64. The zero-order chi connectivity index (χ0) is 21.0. The first-order valence-corrected chi connectivity index (χ1v) is 10.2. The van der Waals surface area contributed by atoms with E-state index < -0.39 is 0 Å². The van der Waals surface area contributed by atoms with Crippen LogP contribution in [-0.2, 0) is 17.6 Å². The summed E-state index contributed by atoms with van der Waals surface area (Å²) in [4.78, 5) is 16.7. The summed E-state index contributed by atoms with van der Waals surface area (Å²) in [7, 11) is 0. The van der Waals surface area contributed by atoms with E-state index in [1.807, 2.05) is 13.8 Å². The largest absolute Gasteiger partial charge is 0.441 e. The molecule has 1 amide bonds. The number of nitrogens with one attached hydrogen (secondary N) is 1. The van der Waals surface area contributed by atoms with Crippen molar-refractivity contribution in [1.29, 1.82) is 0 Å². The zero-order valence-corrected chi connectivity index (χ0v) is 18.0. The summed E-state index contributed by atoms with van der Waals surface area (Å²) in [6.07, 6.45) is 3.61. The van der Waals surface area contributed by atoms with E-state index in [1.165, 1.54) is 11.1 Å². The number of rotatable bonds is 7. The van der Waals surface area contributed by atoms with E-state index in [9.17, 15) is 4.79 Å². The van der Waals surface area contributed by atoms with Gasteiger partial charge in [-0.15, -0.1) is 0 Å². The van der Waals surface area contributed by atoms with Gasteiger partial charge < -0.3 is 9.73 Å². The number of aryl methyl sites for hydroxylation is 4. The molecule has 0 aliphatic carbocycles. The van der Waals surface area contributed by atoms with Crippen molar-refractivity contribution in [2.75, 3.05) is 5.32 Å². The molecule has 1 N–H and O–H groups in total. The number of hydrogen-bond donors (Lipinski definition) is 1. The number of aromatic nitrogens is 1. The molecule has 0 aliphatic heterocycles. The van der Waals surface area contributed by atoms with Crippen molar-refractivity contribution in [3.05, 3.63) is 70.7 Å². The van der Waals surface area contributed by atoms with Gasteiger partial charge in [0.1, 0.15) is 0 Å². The molecular weight excluding hydrogens is 360 g/mol. The maximum atomic E-state index is 12.4. The molecule has 3 rings (SSSR count). The summed E-state index contributed by atoms with van der Waals surface area (Å²) < 4.78 is 5.86. The third-order valence-electron chi connectivity index (χ3n) is 4.94. The smallest absolute Gasteiger partial charge is 0.224 e. The predicted molar refractivity (Wildman–Crippen MR) is 118 cm³/mol. The Balaban J connectivity index is 1.58. The molecule has 0 bridgehead atoms. The fourth-order valence-electron chi connectivity index (χ4n) is 3.64. The van der Waals surface area contributed by atoms with E-state index in [4.69, 9.17) is 4.42 Å². The lowest BCUT2D eigenvalue weighted by molar-refractivity contribution is -0.116. The topological polar surface area (TPSA) is 55.1 Å². The minimum atomic E-state index is -0.0298. The quantitative estimate of drug-likeness (QED) is 0.535. The maximum Gasteiger partial charge on any atom is 0.224 e. The molecule has 0 saturated carbocycles. The Kier molecular flexibility index (Phi) is 6.53. The Morgan fingerprint density at radius 3 is 2.34 bits per heavy atom. The molecule has 0 fully saturated rings. The molecule has 3 aromatic rings. The normalized spacial score (nSPS) is 11.1. The average molecular weight is 391 g/mol. The van der Waals surface area contributed by atoms with Crippen molar-refractivity contribution < 1.29 is 9.21 Å². The summed E-state index contributed by atoms with van der Waals surface area (Å²) in [5.41, 5.74) is 6.58. The Bertz CT molecular complexity index is 961. The summed E-state index contributed by atoms with van der Waals surface area (Å²) in [5, 5.41) is 3.03. The molecule has 1 heterocycles. The van der Waals surface area contributed by atoms with Crippen molar-refractivity contribution in [3.8, 4) is 11.3 Å². The van der Waals surface area contributed by atoms with Crippen molar-refractivity contribution in [1.82, 2.24) is 4.98 Å². The molecule has 0 radical (unpaired) electrons. The summed E-state index contributed by atoms with van der Waals surface area (Å²) >= 11 is 0. The molecule has 4 heteroatoms. The first-order chi connectivity index (χ1) is 13.8. The van der Waals surface area contributed by atoms with Crippen LogP contribution in [0.3, 0.4) is 0 Å². The van der Waals surface area contributed by atoms with E-state index in [1.54, 1.807) is 6.20 Å². The Labute approximate surface area is 173 Å². The van der Waals surface area contributed by atoms with Crippen molar-refractivity contribution in [3.63, 3.8) is 0 Å². The maximum absolute atomic E-state index is 12.4. The number of hydrogen-bond acceptors (Lipinski definition) is 3. The van der Waals surface area contributed by atoms with Crippen LogP contribution in [0.15, 0.2) is 47.0 Å². The highest BCUT2D eigenvalue weighted by Gasteiger charge is 2.12. The minimum absolute atomic E-state index is 0.0298. The van der Waals surface area contributed by atoms with Crippen molar-refractivity contribution in [2.24, 2.45) is 5.92 Å². The van der Waals surface area contributed by atoms with Gasteiger partial charge in [0.25, 0.3) is 0 Å².